The van der Waals surface area contributed by atoms with E-state index in [-0.39, 0.29) is 24.8 Å². The van der Waals surface area contributed by atoms with Crippen LogP contribution in [0.2, 0.25) is 0 Å². The van der Waals surface area contributed by atoms with Crippen LogP contribution in [0.15, 0.2) is 48.5 Å². The number of methoxy groups -OCH3 is 1. The second kappa shape index (κ2) is 9.93. The molecule has 2 aromatic rings. The van der Waals surface area contributed by atoms with E-state index in [2.05, 4.69) is 27.5 Å². The standard InChI is InChI=1S/C22H28N4O3/c1-25-11-13-26(14-12-25)19-7-5-18(6-8-19)24-22(28)16-23-21(27)15-17-3-9-20(29-2)10-4-17/h3-10H,11-16H2,1-2H3,(H,23,27)(H,24,28). The van der Waals surface area contributed by atoms with Crippen molar-refractivity contribution >= 4 is 23.2 Å². The highest BCUT2D eigenvalue weighted by Gasteiger charge is 2.14. The molecule has 2 aromatic carbocycles. The molecule has 0 atom stereocenters. The number of hydrogen-bond donors (Lipinski definition) is 2. The Kier molecular flexibility index (Phi) is 7.08. The van der Waals surface area contributed by atoms with Gasteiger partial charge >= 0.3 is 0 Å². The van der Waals surface area contributed by atoms with E-state index in [1.54, 1.807) is 19.2 Å². The molecule has 0 bridgehead atoms. The largest absolute Gasteiger partial charge is 0.497 e. The zero-order valence-corrected chi connectivity index (χ0v) is 17.0. The molecule has 0 aliphatic carbocycles. The summed E-state index contributed by atoms with van der Waals surface area (Å²) in [5.41, 5.74) is 2.74. The van der Waals surface area contributed by atoms with Gasteiger partial charge in [-0.3, -0.25) is 9.59 Å². The number of amides is 2. The van der Waals surface area contributed by atoms with Crippen molar-refractivity contribution in [3.05, 3.63) is 54.1 Å². The summed E-state index contributed by atoms with van der Waals surface area (Å²) in [6.45, 7) is 4.05. The Morgan fingerprint density at radius 1 is 0.931 bits per heavy atom. The lowest BCUT2D eigenvalue weighted by Crippen LogP contribution is -2.44. The molecule has 7 nitrogen and oxygen atoms in total. The first-order chi connectivity index (χ1) is 14.0. The van der Waals surface area contributed by atoms with Crippen molar-refractivity contribution < 1.29 is 14.3 Å². The van der Waals surface area contributed by atoms with E-state index in [1.807, 2.05) is 36.4 Å². The van der Waals surface area contributed by atoms with Crippen molar-refractivity contribution in [3.8, 4) is 5.75 Å². The Morgan fingerprint density at radius 2 is 1.59 bits per heavy atom. The van der Waals surface area contributed by atoms with Gasteiger partial charge in [-0.05, 0) is 49.0 Å². The van der Waals surface area contributed by atoms with Crippen molar-refractivity contribution in [2.45, 2.75) is 6.42 Å². The van der Waals surface area contributed by atoms with E-state index in [4.69, 9.17) is 4.74 Å². The van der Waals surface area contributed by atoms with Crippen molar-refractivity contribution in [2.75, 3.05) is 57.1 Å². The van der Waals surface area contributed by atoms with E-state index in [1.165, 1.54) is 0 Å². The van der Waals surface area contributed by atoms with Crippen molar-refractivity contribution in [3.63, 3.8) is 0 Å². The van der Waals surface area contributed by atoms with Gasteiger partial charge in [-0.2, -0.15) is 0 Å². The molecule has 1 aliphatic heterocycles. The van der Waals surface area contributed by atoms with Crippen LogP contribution in [-0.2, 0) is 16.0 Å². The molecule has 0 radical (unpaired) electrons. The zero-order valence-electron chi connectivity index (χ0n) is 17.0. The molecule has 0 spiro atoms. The number of hydrogen-bond acceptors (Lipinski definition) is 5. The van der Waals surface area contributed by atoms with Gasteiger partial charge in [0, 0.05) is 37.6 Å². The maximum atomic E-state index is 12.1. The number of rotatable bonds is 7. The maximum Gasteiger partial charge on any atom is 0.243 e. The number of likely N-dealkylation sites (N-methyl/N-ethyl adjacent to an activating group) is 1. The molecule has 1 saturated heterocycles. The molecule has 3 rings (SSSR count). The third kappa shape index (κ3) is 6.22. The molecule has 1 fully saturated rings. The number of carbonyl (C=O) groups is 2. The summed E-state index contributed by atoms with van der Waals surface area (Å²) in [4.78, 5) is 28.8. The molecule has 0 unspecified atom stereocenters. The van der Waals surface area contributed by atoms with Crippen LogP contribution >= 0.6 is 0 Å². The van der Waals surface area contributed by atoms with Crippen LogP contribution in [0.5, 0.6) is 5.75 Å². The van der Waals surface area contributed by atoms with Crippen LogP contribution in [0.3, 0.4) is 0 Å². The van der Waals surface area contributed by atoms with Crippen LogP contribution in [0, 0.1) is 0 Å². The van der Waals surface area contributed by atoms with Crippen LogP contribution in [-0.4, -0.2) is 63.6 Å². The van der Waals surface area contributed by atoms with Gasteiger partial charge in [-0.25, -0.2) is 0 Å². The highest BCUT2D eigenvalue weighted by Crippen LogP contribution is 2.19. The smallest absolute Gasteiger partial charge is 0.243 e. The topological polar surface area (TPSA) is 73.9 Å². The molecule has 2 amide bonds. The van der Waals surface area contributed by atoms with Crippen molar-refractivity contribution in [1.82, 2.24) is 10.2 Å². The highest BCUT2D eigenvalue weighted by atomic mass is 16.5. The maximum absolute atomic E-state index is 12.1. The lowest BCUT2D eigenvalue weighted by atomic mass is 10.1. The Bertz CT molecular complexity index is 813. The lowest BCUT2D eigenvalue weighted by molar-refractivity contribution is -0.123. The van der Waals surface area contributed by atoms with Gasteiger partial charge in [0.05, 0.1) is 20.1 Å². The van der Waals surface area contributed by atoms with Gasteiger partial charge in [-0.1, -0.05) is 12.1 Å². The minimum Gasteiger partial charge on any atom is -0.497 e. The number of anilines is 2. The monoisotopic (exact) mass is 396 g/mol. The zero-order chi connectivity index (χ0) is 20.6. The first-order valence-corrected chi connectivity index (χ1v) is 9.76. The summed E-state index contributed by atoms with van der Waals surface area (Å²) in [7, 11) is 3.73. The Hall–Kier alpha value is -3.06. The number of piperazine rings is 1. The van der Waals surface area contributed by atoms with Gasteiger partial charge in [0.1, 0.15) is 5.75 Å². The second-order valence-electron chi connectivity index (χ2n) is 7.19. The SMILES string of the molecule is COc1ccc(CC(=O)NCC(=O)Nc2ccc(N3CCN(C)CC3)cc2)cc1. The fourth-order valence-corrected chi connectivity index (χ4v) is 3.20. The fraction of sp³-hybridized carbons (Fsp3) is 0.364. The van der Waals surface area contributed by atoms with E-state index in [0.29, 0.717) is 0 Å². The third-order valence-corrected chi connectivity index (χ3v) is 4.99. The number of benzene rings is 2. The van der Waals surface area contributed by atoms with Crippen LogP contribution in [0.1, 0.15) is 5.56 Å². The number of carbonyl (C=O) groups excluding carboxylic acids is 2. The summed E-state index contributed by atoms with van der Waals surface area (Å²) >= 11 is 0. The number of ether oxygens (including phenoxy) is 1. The van der Waals surface area contributed by atoms with Gasteiger partial charge < -0.3 is 25.2 Å². The summed E-state index contributed by atoms with van der Waals surface area (Å²) in [5.74, 6) is 0.295. The molecule has 7 heteroatoms. The van der Waals surface area contributed by atoms with E-state index >= 15 is 0 Å². The number of nitrogens with one attached hydrogen (secondary N) is 2. The van der Waals surface area contributed by atoms with Crippen molar-refractivity contribution in [2.24, 2.45) is 0 Å². The molecular weight excluding hydrogens is 368 g/mol. The second-order valence-corrected chi connectivity index (χ2v) is 7.19. The summed E-state index contributed by atoms with van der Waals surface area (Å²) < 4.78 is 5.10. The molecule has 154 valence electrons. The van der Waals surface area contributed by atoms with E-state index < -0.39 is 0 Å². The third-order valence-electron chi connectivity index (χ3n) is 4.99. The molecule has 1 aliphatic rings. The Morgan fingerprint density at radius 3 is 2.21 bits per heavy atom. The fourth-order valence-electron chi connectivity index (χ4n) is 3.20. The molecule has 0 saturated carbocycles. The normalized spacial score (nSPS) is 14.3. The van der Waals surface area contributed by atoms with Gasteiger partial charge in [0.2, 0.25) is 11.8 Å². The molecular formula is C22H28N4O3. The Balaban J connectivity index is 1.42. The predicted octanol–water partition coefficient (Wildman–Crippen LogP) is 1.74. The van der Waals surface area contributed by atoms with Crippen LogP contribution < -0.4 is 20.3 Å². The molecule has 1 heterocycles. The number of nitrogens with zero attached hydrogens (tertiary/aromatic N) is 2. The first-order valence-electron chi connectivity index (χ1n) is 9.76. The van der Waals surface area contributed by atoms with Crippen LogP contribution in [0.4, 0.5) is 11.4 Å². The van der Waals surface area contributed by atoms with Crippen LogP contribution in [0.25, 0.3) is 0 Å². The summed E-state index contributed by atoms with van der Waals surface area (Å²) in [6, 6.07) is 15.1. The minimum atomic E-state index is -0.250. The summed E-state index contributed by atoms with van der Waals surface area (Å²) in [6.07, 6.45) is 0.219. The van der Waals surface area contributed by atoms with E-state index in [9.17, 15) is 9.59 Å². The highest BCUT2D eigenvalue weighted by molar-refractivity contribution is 5.94. The average molecular weight is 396 g/mol. The van der Waals surface area contributed by atoms with E-state index in [0.717, 1.165) is 48.9 Å². The minimum absolute atomic E-state index is 0.0603. The summed E-state index contributed by atoms with van der Waals surface area (Å²) in [5, 5.41) is 5.47. The molecule has 0 aromatic heterocycles. The lowest BCUT2D eigenvalue weighted by Gasteiger charge is -2.34. The van der Waals surface area contributed by atoms with Gasteiger partial charge in [0.25, 0.3) is 0 Å². The van der Waals surface area contributed by atoms with Crippen molar-refractivity contribution in [1.29, 1.82) is 0 Å². The predicted molar refractivity (Wildman–Crippen MR) is 114 cm³/mol. The first kappa shape index (κ1) is 20.7. The molecule has 2 N–H and O–H groups in total. The Labute approximate surface area is 171 Å². The average Bonchev–Trinajstić information content (AvgIpc) is 2.74. The van der Waals surface area contributed by atoms with Gasteiger partial charge in [0.15, 0.2) is 0 Å². The quantitative estimate of drug-likeness (QED) is 0.746. The van der Waals surface area contributed by atoms with Gasteiger partial charge in [-0.15, -0.1) is 0 Å². The molecule has 29 heavy (non-hydrogen) atoms.